The number of fused-ring (bicyclic) bond motifs is 1. The Hall–Kier alpha value is -1.23. The molecule has 4 rings (SSSR count). The predicted octanol–water partition coefficient (Wildman–Crippen LogP) is 5.39. The van der Waals surface area contributed by atoms with Gasteiger partial charge in [0.1, 0.15) is 5.01 Å². The van der Waals surface area contributed by atoms with Crippen LogP contribution in [0.25, 0.3) is 11.3 Å². The molecule has 0 saturated carbocycles. The average molecular weight is 347 g/mol. The Morgan fingerprint density at radius 2 is 1.82 bits per heavy atom. The van der Waals surface area contributed by atoms with E-state index in [4.69, 9.17) is 21.6 Å². The topological polar surface area (TPSA) is 25.8 Å². The summed E-state index contributed by atoms with van der Waals surface area (Å²) >= 11 is 9.52. The van der Waals surface area contributed by atoms with E-state index in [1.807, 2.05) is 35.6 Å². The van der Waals surface area contributed by atoms with E-state index in [9.17, 15) is 0 Å². The predicted molar refractivity (Wildman–Crippen MR) is 94.1 cm³/mol. The normalized spacial score (nSPS) is 14.0. The van der Waals surface area contributed by atoms with Gasteiger partial charge in [-0.1, -0.05) is 23.7 Å². The summed E-state index contributed by atoms with van der Waals surface area (Å²) < 4.78 is 0. The van der Waals surface area contributed by atoms with Crippen molar-refractivity contribution in [3.8, 4) is 11.3 Å². The molecule has 0 fully saturated rings. The second kappa shape index (κ2) is 6.11. The Bertz CT molecular complexity index is 766. The van der Waals surface area contributed by atoms with Crippen LogP contribution >= 0.6 is 34.3 Å². The molecule has 0 amide bonds. The zero-order chi connectivity index (χ0) is 14.9. The van der Waals surface area contributed by atoms with Crippen molar-refractivity contribution in [1.29, 1.82) is 0 Å². The van der Waals surface area contributed by atoms with Gasteiger partial charge in [0.2, 0.25) is 0 Å². The maximum Gasteiger partial charge on any atom is 0.100 e. The zero-order valence-corrected chi connectivity index (χ0v) is 14.4. The van der Waals surface area contributed by atoms with Crippen LogP contribution in [-0.2, 0) is 19.3 Å². The average Bonchev–Trinajstić information content (AvgIpc) is 3.14. The van der Waals surface area contributed by atoms with E-state index in [0.717, 1.165) is 34.1 Å². The fourth-order valence-corrected chi connectivity index (χ4v) is 4.94. The highest BCUT2D eigenvalue weighted by Crippen LogP contribution is 2.29. The van der Waals surface area contributed by atoms with Crippen LogP contribution < -0.4 is 0 Å². The number of thiazole rings is 2. The molecule has 0 unspecified atom stereocenters. The number of hydrogen-bond donors (Lipinski definition) is 0. The van der Waals surface area contributed by atoms with Crippen LogP contribution in [0.4, 0.5) is 0 Å². The standard InChI is InChI=1S/C17H15ClN2S2/c18-12-7-5-11(6-8-12)14-10-21-16(20-14)9-17-19-13-3-1-2-4-15(13)22-17/h5-8,10H,1-4,9H2. The monoisotopic (exact) mass is 346 g/mol. The maximum atomic E-state index is 5.94. The minimum atomic E-state index is 0.757. The van der Waals surface area contributed by atoms with Gasteiger partial charge in [-0.05, 0) is 37.8 Å². The number of nitrogens with zero attached hydrogens (tertiary/aromatic N) is 2. The summed E-state index contributed by atoms with van der Waals surface area (Å²) in [6.45, 7) is 0. The van der Waals surface area contributed by atoms with E-state index >= 15 is 0 Å². The number of aromatic nitrogens is 2. The van der Waals surface area contributed by atoms with Crippen LogP contribution in [0.2, 0.25) is 5.02 Å². The summed E-state index contributed by atoms with van der Waals surface area (Å²) in [5.74, 6) is 0. The summed E-state index contributed by atoms with van der Waals surface area (Å²) in [6.07, 6.45) is 5.82. The molecule has 0 N–H and O–H groups in total. The first-order valence-corrected chi connectivity index (χ1v) is 9.53. The van der Waals surface area contributed by atoms with Gasteiger partial charge >= 0.3 is 0 Å². The molecule has 0 aliphatic heterocycles. The second-order valence-electron chi connectivity index (χ2n) is 5.49. The maximum absolute atomic E-state index is 5.94. The molecule has 0 radical (unpaired) electrons. The molecule has 0 bridgehead atoms. The van der Waals surface area contributed by atoms with E-state index in [1.54, 1.807) is 11.3 Å². The van der Waals surface area contributed by atoms with Crippen molar-refractivity contribution in [2.24, 2.45) is 0 Å². The SMILES string of the molecule is Clc1ccc(-c2csc(Cc3nc4c(s3)CCCC4)n2)cc1. The molecule has 5 heteroatoms. The van der Waals surface area contributed by atoms with Crippen LogP contribution in [0, 0.1) is 0 Å². The molecule has 0 atom stereocenters. The van der Waals surface area contributed by atoms with Gasteiger partial charge in [0.15, 0.2) is 0 Å². The van der Waals surface area contributed by atoms with E-state index in [0.29, 0.717) is 0 Å². The molecule has 2 aromatic heterocycles. The van der Waals surface area contributed by atoms with Crippen molar-refractivity contribution in [1.82, 2.24) is 9.97 Å². The molecular weight excluding hydrogens is 332 g/mol. The zero-order valence-electron chi connectivity index (χ0n) is 12.0. The van der Waals surface area contributed by atoms with Gasteiger partial charge in [-0.2, -0.15) is 0 Å². The Morgan fingerprint density at radius 3 is 2.64 bits per heavy atom. The molecule has 3 aromatic rings. The molecule has 1 aliphatic rings. The van der Waals surface area contributed by atoms with Gasteiger partial charge in [-0.25, -0.2) is 9.97 Å². The first kappa shape index (κ1) is 14.4. The van der Waals surface area contributed by atoms with Gasteiger partial charge in [-0.15, -0.1) is 22.7 Å². The highest BCUT2D eigenvalue weighted by atomic mass is 35.5. The van der Waals surface area contributed by atoms with Crippen molar-refractivity contribution in [2.45, 2.75) is 32.1 Å². The number of hydrogen-bond acceptors (Lipinski definition) is 4. The third-order valence-electron chi connectivity index (χ3n) is 3.88. The summed E-state index contributed by atoms with van der Waals surface area (Å²) in [4.78, 5) is 11.1. The summed E-state index contributed by atoms with van der Waals surface area (Å²) in [5, 5.41) is 5.22. The van der Waals surface area contributed by atoms with Gasteiger partial charge in [0.05, 0.1) is 22.8 Å². The highest BCUT2D eigenvalue weighted by molar-refractivity contribution is 7.12. The third-order valence-corrected chi connectivity index (χ3v) is 6.14. The first-order valence-electron chi connectivity index (χ1n) is 7.46. The van der Waals surface area contributed by atoms with Gasteiger partial charge in [-0.3, -0.25) is 0 Å². The fourth-order valence-electron chi connectivity index (χ4n) is 2.76. The quantitative estimate of drug-likeness (QED) is 0.635. The third kappa shape index (κ3) is 2.96. The Balaban J connectivity index is 1.54. The Kier molecular flexibility index (Phi) is 3.99. The Labute approximate surface area is 142 Å². The lowest BCUT2D eigenvalue weighted by Gasteiger charge is -2.06. The van der Waals surface area contributed by atoms with Crippen molar-refractivity contribution in [3.05, 3.63) is 55.3 Å². The van der Waals surface area contributed by atoms with E-state index in [2.05, 4.69) is 5.38 Å². The lowest BCUT2D eigenvalue weighted by Crippen LogP contribution is -1.99. The smallest absolute Gasteiger partial charge is 0.100 e. The molecule has 0 spiro atoms. The van der Waals surface area contributed by atoms with Crippen molar-refractivity contribution >= 4 is 34.3 Å². The van der Waals surface area contributed by atoms with E-state index in [1.165, 1.54) is 34.8 Å². The van der Waals surface area contributed by atoms with Crippen LogP contribution in [0.3, 0.4) is 0 Å². The molecule has 2 heterocycles. The lowest BCUT2D eigenvalue weighted by atomic mass is 10.0. The minimum absolute atomic E-state index is 0.757. The van der Waals surface area contributed by atoms with E-state index < -0.39 is 0 Å². The van der Waals surface area contributed by atoms with E-state index in [-0.39, 0.29) is 0 Å². The molecule has 112 valence electrons. The number of benzene rings is 1. The van der Waals surface area contributed by atoms with Crippen LogP contribution in [0.1, 0.15) is 33.4 Å². The van der Waals surface area contributed by atoms with Gasteiger partial charge in [0, 0.05) is 20.8 Å². The molecule has 22 heavy (non-hydrogen) atoms. The van der Waals surface area contributed by atoms with Crippen LogP contribution in [0.5, 0.6) is 0 Å². The molecular formula is C17H15ClN2S2. The molecule has 0 saturated heterocycles. The first-order chi connectivity index (χ1) is 10.8. The van der Waals surface area contributed by atoms with Crippen molar-refractivity contribution in [2.75, 3.05) is 0 Å². The van der Waals surface area contributed by atoms with Crippen molar-refractivity contribution < 1.29 is 0 Å². The van der Waals surface area contributed by atoms with Gasteiger partial charge in [0.25, 0.3) is 0 Å². The number of rotatable bonds is 3. The van der Waals surface area contributed by atoms with Crippen LogP contribution in [-0.4, -0.2) is 9.97 Å². The van der Waals surface area contributed by atoms with Crippen molar-refractivity contribution in [3.63, 3.8) is 0 Å². The highest BCUT2D eigenvalue weighted by Gasteiger charge is 2.16. The van der Waals surface area contributed by atoms with Gasteiger partial charge < -0.3 is 0 Å². The second-order valence-corrected chi connectivity index (χ2v) is 8.04. The number of halogens is 1. The summed E-state index contributed by atoms with van der Waals surface area (Å²) in [7, 11) is 0. The summed E-state index contributed by atoms with van der Waals surface area (Å²) in [6, 6.07) is 7.85. The molecule has 1 aliphatic carbocycles. The fraction of sp³-hybridized carbons (Fsp3) is 0.294. The summed E-state index contributed by atoms with van der Waals surface area (Å²) in [5.41, 5.74) is 3.48. The largest absolute Gasteiger partial charge is 0.246 e. The minimum Gasteiger partial charge on any atom is -0.246 e. The number of aryl methyl sites for hydroxylation is 2. The molecule has 2 nitrogen and oxygen atoms in total. The lowest BCUT2D eigenvalue weighted by molar-refractivity contribution is 0.681. The Morgan fingerprint density at radius 1 is 1.00 bits per heavy atom. The van der Waals surface area contributed by atoms with Crippen LogP contribution in [0.15, 0.2) is 29.6 Å². The molecule has 1 aromatic carbocycles.